The molecular weight excluding hydrogens is 272 g/mol. The van der Waals surface area contributed by atoms with E-state index in [1.807, 2.05) is 19.1 Å². The topological polar surface area (TPSA) is 29.1 Å². The number of hydrogen-bond donors (Lipinski definition) is 1. The predicted molar refractivity (Wildman–Crippen MR) is 78.1 cm³/mol. The van der Waals surface area contributed by atoms with E-state index >= 15 is 0 Å². The number of rotatable bonds is 4. The minimum atomic E-state index is -0.663. The molecule has 0 radical (unpaired) electrons. The van der Waals surface area contributed by atoms with Gasteiger partial charge in [0.05, 0.1) is 6.04 Å². The number of nitrogens with one attached hydrogen (secondary N) is 1. The summed E-state index contributed by atoms with van der Waals surface area (Å²) in [5, 5.41) is 2.71. The van der Waals surface area contributed by atoms with E-state index in [9.17, 15) is 13.6 Å². The molecule has 0 aliphatic rings. The minimum absolute atomic E-state index is 0.259. The molecule has 1 atom stereocenters. The van der Waals surface area contributed by atoms with Crippen molar-refractivity contribution < 1.29 is 13.6 Å². The molecule has 2 rings (SSSR count). The van der Waals surface area contributed by atoms with Gasteiger partial charge in [-0.1, -0.05) is 25.1 Å². The van der Waals surface area contributed by atoms with Crippen LogP contribution in [0, 0.1) is 11.6 Å². The van der Waals surface area contributed by atoms with Crippen LogP contribution in [0.15, 0.2) is 42.5 Å². The van der Waals surface area contributed by atoms with Crippen molar-refractivity contribution in [2.24, 2.45) is 0 Å². The molecule has 1 amide bonds. The summed E-state index contributed by atoms with van der Waals surface area (Å²) < 4.78 is 26.5. The van der Waals surface area contributed by atoms with Crippen LogP contribution in [-0.2, 0) is 6.42 Å². The van der Waals surface area contributed by atoms with Gasteiger partial charge in [0.25, 0.3) is 5.91 Å². The monoisotopic (exact) mass is 289 g/mol. The van der Waals surface area contributed by atoms with Gasteiger partial charge in [-0.15, -0.1) is 0 Å². The minimum Gasteiger partial charge on any atom is -0.345 e. The first kappa shape index (κ1) is 15.2. The SMILES string of the molecule is CCc1ccc(C(=O)NC(C)c2ccc(F)cc2F)cc1. The van der Waals surface area contributed by atoms with Crippen molar-refractivity contribution in [2.75, 3.05) is 0 Å². The first-order valence-corrected chi connectivity index (χ1v) is 6.86. The van der Waals surface area contributed by atoms with Crippen LogP contribution in [0.4, 0.5) is 8.78 Å². The van der Waals surface area contributed by atoms with Gasteiger partial charge in [0.1, 0.15) is 11.6 Å². The Balaban J connectivity index is 2.10. The summed E-state index contributed by atoms with van der Waals surface area (Å²) >= 11 is 0. The molecule has 2 aromatic rings. The number of carbonyl (C=O) groups excluding carboxylic acids is 1. The molecule has 0 aromatic heterocycles. The van der Waals surface area contributed by atoms with Gasteiger partial charge in [-0.2, -0.15) is 0 Å². The Labute approximate surface area is 122 Å². The first-order valence-electron chi connectivity index (χ1n) is 6.86. The molecule has 2 nitrogen and oxygen atoms in total. The molecule has 1 N–H and O–H groups in total. The Morgan fingerprint density at radius 3 is 2.38 bits per heavy atom. The summed E-state index contributed by atoms with van der Waals surface area (Å²) in [7, 11) is 0. The first-order chi connectivity index (χ1) is 10.0. The molecule has 0 aliphatic carbocycles. The summed E-state index contributed by atoms with van der Waals surface area (Å²) in [4.78, 5) is 12.1. The average molecular weight is 289 g/mol. The highest BCUT2D eigenvalue weighted by molar-refractivity contribution is 5.94. The summed E-state index contributed by atoms with van der Waals surface area (Å²) in [6.07, 6.45) is 0.902. The van der Waals surface area contributed by atoms with Gasteiger partial charge in [-0.3, -0.25) is 4.79 Å². The molecule has 2 aromatic carbocycles. The van der Waals surface area contributed by atoms with E-state index in [0.717, 1.165) is 18.1 Å². The number of amides is 1. The second-order valence-electron chi connectivity index (χ2n) is 4.91. The van der Waals surface area contributed by atoms with Gasteiger partial charge >= 0.3 is 0 Å². The van der Waals surface area contributed by atoms with Crippen LogP contribution in [0.25, 0.3) is 0 Å². The standard InChI is InChI=1S/C17H17F2NO/c1-3-12-4-6-13(7-5-12)17(21)20-11(2)15-9-8-14(18)10-16(15)19/h4-11H,3H2,1-2H3,(H,20,21). The fourth-order valence-corrected chi connectivity index (χ4v) is 2.10. The molecular formula is C17H17F2NO. The second kappa shape index (κ2) is 6.48. The van der Waals surface area contributed by atoms with Crippen molar-refractivity contribution in [1.82, 2.24) is 5.32 Å². The van der Waals surface area contributed by atoms with Gasteiger partial charge < -0.3 is 5.32 Å². The zero-order chi connectivity index (χ0) is 15.4. The second-order valence-corrected chi connectivity index (χ2v) is 4.91. The normalized spacial score (nSPS) is 12.0. The lowest BCUT2D eigenvalue weighted by Gasteiger charge is -2.15. The number of benzene rings is 2. The van der Waals surface area contributed by atoms with Crippen LogP contribution >= 0.6 is 0 Å². The maximum atomic E-state index is 13.7. The van der Waals surface area contributed by atoms with Crippen LogP contribution in [-0.4, -0.2) is 5.91 Å². The Hall–Kier alpha value is -2.23. The summed E-state index contributed by atoms with van der Waals surface area (Å²) in [6, 6.07) is 10.0. The molecule has 21 heavy (non-hydrogen) atoms. The van der Waals surface area contributed by atoms with E-state index in [0.29, 0.717) is 5.56 Å². The summed E-state index contributed by atoms with van der Waals surface area (Å²) in [5.41, 5.74) is 1.92. The van der Waals surface area contributed by atoms with Crippen LogP contribution in [0.2, 0.25) is 0 Å². The number of hydrogen-bond acceptors (Lipinski definition) is 1. The van der Waals surface area contributed by atoms with Gasteiger partial charge in [0.2, 0.25) is 0 Å². The van der Waals surface area contributed by atoms with Gasteiger partial charge in [0, 0.05) is 17.2 Å². The highest BCUT2D eigenvalue weighted by Crippen LogP contribution is 2.18. The van der Waals surface area contributed by atoms with E-state index in [1.54, 1.807) is 19.1 Å². The van der Waals surface area contributed by atoms with Crippen molar-refractivity contribution in [3.63, 3.8) is 0 Å². The number of carbonyl (C=O) groups is 1. The lowest BCUT2D eigenvalue weighted by atomic mass is 10.1. The van der Waals surface area contributed by atoms with E-state index in [2.05, 4.69) is 5.32 Å². The number of halogens is 2. The molecule has 0 bridgehead atoms. The Morgan fingerprint density at radius 2 is 1.81 bits per heavy atom. The average Bonchev–Trinajstić information content (AvgIpc) is 2.47. The van der Waals surface area contributed by atoms with E-state index < -0.39 is 17.7 Å². The lowest BCUT2D eigenvalue weighted by Crippen LogP contribution is -2.27. The van der Waals surface area contributed by atoms with Gasteiger partial charge in [-0.05, 0) is 37.1 Å². The van der Waals surface area contributed by atoms with E-state index in [-0.39, 0.29) is 11.5 Å². The van der Waals surface area contributed by atoms with Crippen LogP contribution in [0.1, 0.15) is 41.4 Å². The molecule has 1 unspecified atom stereocenters. The smallest absolute Gasteiger partial charge is 0.251 e. The zero-order valence-corrected chi connectivity index (χ0v) is 12.0. The van der Waals surface area contributed by atoms with Crippen LogP contribution < -0.4 is 5.32 Å². The Kier molecular flexibility index (Phi) is 4.68. The predicted octanol–water partition coefficient (Wildman–Crippen LogP) is 4.02. The van der Waals surface area contributed by atoms with Crippen LogP contribution in [0.5, 0.6) is 0 Å². The van der Waals surface area contributed by atoms with Gasteiger partial charge in [0.15, 0.2) is 0 Å². The third kappa shape index (κ3) is 3.66. The fourth-order valence-electron chi connectivity index (χ4n) is 2.10. The molecule has 0 spiro atoms. The maximum Gasteiger partial charge on any atom is 0.251 e. The van der Waals surface area contributed by atoms with Crippen molar-refractivity contribution in [3.05, 3.63) is 70.8 Å². The van der Waals surface area contributed by atoms with Gasteiger partial charge in [-0.25, -0.2) is 8.78 Å². The lowest BCUT2D eigenvalue weighted by molar-refractivity contribution is 0.0939. The summed E-state index contributed by atoms with van der Waals surface area (Å²) in [6.45, 7) is 3.70. The Morgan fingerprint density at radius 1 is 1.14 bits per heavy atom. The van der Waals surface area contributed by atoms with E-state index in [1.165, 1.54) is 12.1 Å². The molecule has 0 saturated carbocycles. The highest BCUT2D eigenvalue weighted by Gasteiger charge is 2.15. The Bertz CT molecular complexity index is 638. The molecule has 0 fully saturated rings. The molecule has 0 aliphatic heterocycles. The zero-order valence-electron chi connectivity index (χ0n) is 12.0. The number of aryl methyl sites for hydroxylation is 1. The largest absolute Gasteiger partial charge is 0.345 e. The van der Waals surface area contributed by atoms with Crippen molar-refractivity contribution in [1.29, 1.82) is 0 Å². The molecule has 110 valence electrons. The molecule has 4 heteroatoms. The van der Waals surface area contributed by atoms with Crippen molar-refractivity contribution in [2.45, 2.75) is 26.3 Å². The third-order valence-corrected chi connectivity index (χ3v) is 3.40. The summed E-state index contributed by atoms with van der Waals surface area (Å²) in [5.74, 6) is -1.58. The molecule has 0 heterocycles. The van der Waals surface area contributed by atoms with E-state index in [4.69, 9.17) is 0 Å². The highest BCUT2D eigenvalue weighted by atomic mass is 19.1. The molecule has 0 saturated heterocycles. The van der Waals surface area contributed by atoms with Crippen LogP contribution in [0.3, 0.4) is 0 Å². The fraction of sp³-hybridized carbons (Fsp3) is 0.235. The maximum absolute atomic E-state index is 13.7. The quantitative estimate of drug-likeness (QED) is 0.905. The third-order valence-electron chi connectivity index (χ3n) is 3.40. The van der Waals surface area contributed by atoms with Crippen molar-refractivity contribution in [3.8, 4) is 0 Å². The van der Waals surface area contributed by atoms with Crippen molar-refractivity contribution >= 4 is 5.91 Å².